The van der Waals surface area contributed by atoms with Gasteiger partial charge in [0.2, 0.25) is 0 Å². The maximum absolute atomic E-state index is 4.74. The molecule has 0 saturated carbocycles. The van der Waals surface area contributed by atoms with E-state index in [1.807, 2.05) is 36.0 Å². The highest BCUT2D eigenvalue weighted by Gasteiger charge is 2.10. The van der Waals surface area contributed by atoms with Crippen molar-refractivity contribution in [2.24, 2.45) is 0 Å². The Bertz CT molecular complexity index is 1260. The average Bonchev–Trinajstić information content (AvgIpc) is 3.34. The molecule has 0 aliphatic heterocycles. The fourth-order valence-electron chi connectivity index (χ4n) is 3.36. The summed E-state index contributed by atoms with van der Waals surface area (Å²) < 4.78 is 1.98. The quantitative estimate of drug-likeness (QED) is 0.495. The van der Waals surface area contributed by atoms with Crippen molar-refractivity contribution in [1.82, 2.24) is 24.5 Å². The molecule has 5 aromatic rings. The number of pyridine rings is 1. The van der Waals surface area contributed by atoms with E-state index in [0.717, 1.165) is 39.1 Å². The van der Waals surface area contributed by atoms with Crippen molar-refractivity contribution >= 4 is 16.7 Å². The molecule has 1 N–H and O–H groups in total. The largest absolute Gasteiger partial charge is 0.373 e. The van der Waals surface area contributed by atoms with Crippen LogP contribution in [0.2, 0.25) is 0 Å². The molecule has 140 valence electrons. The number of aromatic nitrogens is 5. The number of hydrogen-bond donors (Lipinski definition) is 1. The van der Waals surface area contributed by atoms with Gasteiger partial charge in [-0.1, -0.05) is 18.2 Å². The molecule has 0 aliphatic carbocycles. The van der Waals surface area contributed by atoms with Crippen LogP contribution in [0.15, 0.2) is 85.7 Å². The fourth-order valence-corrected chi connectivity index (χ4v) is 3.36. The van der Waals surface area contributed by atoms with Gasteiger partial charge in [0.25, 0.3) is 0 Å². The number of nitrogens with one attached hydrogen (secondary N) is 1. The third-order valence-electron chi connectivity index (χ3n) is 4.86. The molecule has 0 saturated heterocycles. The van der Waals surface area contributed by atoms with Crippen molar-refractivity contribution in [3.05, 3.63) is 85.7 Å². The predicted octanol–water partition coefficient (Wildman–Crippen LogP) is 4.59. The van der Waals surface area contributed by atoms with Gasteiger partial charge in [-0.25, -0.2) is 15.0 Å². The van der Waals surface area contributed by atoms with Crippen LogP contribution in [0.5, 0.6) is 0 Å². The zero-order valence-corrected chi connectivity index (χ0v) is 15.8. The zero-order valence-electron chi connectivity index (χ0n) is 15.8. The number of nitrogens with zero attached hydrogens (tertiary/aromatic N) is 5. The van der Waals surface area contributed by atoms with Crippen molar-refractivity contribution in [1.29, 1.82) is 0 Å². The van der Waals surface area contributed by atoms with E-state index in [4.69, 9.17) is 9.97 Å². The average molecular weight is 378 g/mol. The first-order valence-corrected chi connectivity index (χ1v) is 9.30. The van der Waals surface area contributed by atoms with Crippen LogP contribution >= 0.6 is 0 Å². The number of fused-ring (bicyclic) bond motifs is 1. The monoisotopic (exact) mass is 378 g/mol. The van der Waals surface area contributed by atoms with Crippen LogP contribution < -0.4 is 5.32 Å². The number of hydrogen-bond acceptors (Lipinski definition) is 5. The lowest BCUT2D eigenvalue weighted by molar-refractivity contribution is 1.06. The number of rotatable bonds is 4. The summed E-state index contributed by atoms with van der Waals surface area (Å²) in [6.07, 6.45) is 9.02. The van der Waals surface area contributed by atoms with Gasteiger partial charge in [-0.3, -0.25) is 4.98 Å². The van der Waals surface area contributed by atoms with Gasteiger partial charge < -0.3 is 9.88 Å². The first-order chi connectivity index (χ1) is 14.3. The summed E-state index contributed by atoms with van der Waals surface area (Å²) in [5.74, 6) is 1.46. The smallest absolute Gasteiger partial charge is 0.163 e. The highest BCUT2D eigenvalue weighted by molar-refractivity contribution is 5.93. The van der Waals surface area contributed by atoms with Crippen LogP contribution in [0.3, 0.4) is 0 Å². The Kier molecular flexibility index (Phi) is 4.22. The molecular formula is C23H18N6. The number of benzene rings is 2. The highest BCUT2D eigenvalue weighted by atomic mass is 15.0. The minimum absolute atomic E-state index is 0.660. The predicted molar refractivity (Wildman–Crippen MR) is 115 cm³/mol. The van der Waals surface area contributed by atoms with Gasteiger partial charge in [0, 0.05) is 48.5 Å². The molecule has 0 amide bonds. The summed E-state index contributed by atoms with van der Waals surface area (Å²) in [5, 5.41) is 4.19. The molecule has 6 nitrogen and oxygen atoms in total. The van der Waals surface area contributed by atoms with Crippen molar-refractivity contribution in [3.8, 4) is 28.2 Å². The van der Waals surface area contributed by atoms with Gasteiger partial charge in [-0.15, -0.1) is 0 Å². The molecule has 5 rings (SSSR count). The first kappa shape index (κ1) is 17.1. The van der Waals surface area contributed by atoms with Gasteiger partial charge in [-0.2, -0.15) is 0 Å². The summed E-state index contributed by atoms with van der Waals surface area (Å²) in [6, 6.07) is 18.5. The molecule has 0 atom stereocenters. The first-order valence-electron chi connectivity index (χ1n) is 9.30. The summed E-state index contributed by atoms with van der Waals surface area (Å²) in [4.78, 5) is 17.7. The van der Waals surface area contributed by atoms with Crippen molar-refractivity contribution in [2.45, 2.75) is 0 Å². The van der Waals surface area contributed by atoms with E-state index in [0.29, 0.717) is 5.82 Å². The van der Waals surface area contributed by atoms with E-state index in [1.54, 1.807) is 24.9 Å². The molecule has 3 aromatic heterocycles. The number of imidazole rings is 1. The Morgan fingerprint density at radius 1 is 0.828 bits per heavy atom. The summed E-state index contributed by atoms with van der Waals surface area (Å²) in [7, 11) is 1.88. The third-order valence-corrected chi connectivity index (χ3v) is 4.86. The van der Waals surface area contributed by atoms with Crippen molar-refractivity contribution in [3.63, 3.8) is 0 Å². The van der Waals surface area contributed by atoms with Crippen LogP contribution in [0.25, 0.3) is 39.1 Å². The molecule has 0 bridgehead atoms. The topological polar surface area (TPSA) is 68.5 Å². The lowest BCUT2D eigenvalue weighted by Gasteiger charge is -2.10. The van der Waals surface area contributed by atoms with E-state index in [1.165, 1.54) is 0 Å². The maximum atomic E-state index is 4.74. The second-order valence-corrected chi connectivity index (χ2v) is 6.64. The normalized spacial score (nSPS) is 10.9. The number of anilines is 1. The molecule has 3 heterocycles. The summed E-state index contributed by atoms with van der Waals surface area (Å²) in [6.45, 7) is 0. The van der Waals surface area contributed by atoms with Crippen LogP contribution in [0.4, 0.5) is 5.82 Å². The van der Waals surface area contributed by atoms with Crippen LogP contribution in [0, 0.1) is 0 Å². The molecule has 29 heavy (non-hydrogen) atoms. The lowest BCUT2D eigenvalue weighted by atomic mass is 10.0. The Morgan fingerprint density at radius 3 is 2.41 bits per heavy atom. The van der Waals surface area contributed by atoms with Gasteiger partial charge in [-0.05, 0) is 47.5 Å². The van der Waals surface area contributed by atoms with Crippen molar-refractivity contribution < 1.29 is 0 Å². The van der Waals surface area contributed by atoms with Gasteiger partial charge in [0.05, 0.1) is 11.8 Å². The fraction of sp³-hybridized carbons (Fsp3) is 0.0435. The van der Waals surface area contributed by atoms with E-state index >= 15 is 0 Å². The van der Waals surface area contributed by atoms with E-state index in [-0.39, 0.29) is 0 Å². The molecule has 2 aromatic carbocycles. The molecule has 0 aliphatic rings. The molecule has 0 fully saturated rings. The van der Waals surface area contributed by atoms with E-state index < -0.39 is 0 Å². The second-order valence-electron chi connectivity index (χ2n) is 6.64. The second kappa shape index (κ2) is 7.16. The highest BCUT2D eigenvalue weighted by Crippen LogP contribution is 2.29. The van der Waals surface area contributed by atoms with Crippen LogP contribution in [-0.4, -0.2) is 31.6 Å². The van der Waals surface area contributed by atoms with Crippen LogP contribution in [-0.2, 0) is 0 Å². The summed E-state index contributed by atoms with van der Waals surface area (Å²) >= 11 is 0. The molecule has 6 heteroatoms. The molecule has 0 radical (unpaired) electrons. The Morgan fingerprint density at radius 2 is 1.69 bits per heavy atom. The zero-order chi connectivity index (χ0) is 19.6. The van der Waals surface area contributed by atoms with Gasteiger partial charge in [0.15, 0.2) is 5.82 Å². The SMILES string of the molecule is CNc1nc(-c2cccnc2)nc2ccc(-c3ccc(-n4ccnc4)cc3)cc12. The Balaban J connectivity index is 1.56. The van der Waals surface area contributed by atoms with E-state index in [9.17, 15) is 0 Å². The third kappa shape index (κ3) is 3.21. The summed E-state index contributed by atoms with van der Waals surface area (Å²) in [5.41, 5.74) is 5.11. The minimum Gasteiger partial charge on any atom is -0.373 e. The maximum Gasteiger partial charge on any atom is 0.163 e. The lowest BCUT2D eigenvalue weighted by Crippen LogP contribution is -1.99. The van der Waals surface area contributed by atoms with Gasteiger partial charge in [0.1, 0.15) is 5.82 Å². The minimum atomic E-state index is 0.660. The molecule has 0 unspecified atom stereocenters. The standard InChI is InChI=1S/C23H18N6/c1-24-23-20-13-17(16-4-7-19(8-5-16)29-12-11-26-15-29)6-9-21(20)27-22(28-23)18-3-2-10-25-14-18/h2-15H,1H3,(H,24,27,28). The van der Waals surface area contributed by atoms with Crippen molar-refractivity contribution in [2.75, 3.05) is 12.4 Å². The molecular weight excluding hydrogens is 360 g/mol. The van der Waals surface area contributed by atoms with Crippen LogP contribution in [0.1, 0.15) is 0 Å². The Hall–Kier alpha value is -4.06. The van der Waals surface area contributed by atoms with E-state index in [2.05, 4.69) is 51.7 Å². The van der Waals surface area contributed by atoms with Gasteiger partial charge >= 0.3 is 0 Å². The Labute approximate surface area is 167 Å². The molecule has 0 spiro atoms.